The van der Waals surface area contributed by atoms with Crippen LogP contribution in [-0.4, -0.2) is 12.5 Å². The van der Waals surface area contributed by atoms with Crippen LogP contribution in [-0.2, 0) is 4.74 Å². The van der Waals surface area contributed by atoms with E-state index in [2.05, 4.69) is 0 Å². The maximum atomic E-state index is 13.5. The third-order valence-electron chi connectivity index (χ3n) is 3.34. The highest BCUT2D eigenvalue weighted by molar-refractivity contribution is 5.25. The number of rotatable bonds is 0. The summed E-state index contributed by atoms with van der Waals surface area (Å²) >= 11 is 0. The van der Waals surface area contributed by atoms with E-state index in [1.54, 1.807) is 0 Å². The van der Waals surface area contributed by atoms with E-state index in [9.17, 15) is 8.78 Å². The average Bonchev–Trinajstić information content (AvgIpc) is 2.12. The van der Waals surface area contributed by atoms with Gasteiger partial charge in [-0.2, -0.15) is 8.78 Å². The van der Waals surface area contributed by atoms with E-state index in [-0.39, 0.29) is 24.0 Å². The first-order valence-electron chi connectivity index (χ1n) is 5.27. The van der Waals surface area contributed by atoms with Gasteiger partial charge in [-0.1, -0.05) is 13.8 Å². The number of allylic oxidation sites excluding steroid dienone is 2. The maximum absolute atomic E-state index is 13.5. The van der Waals surface area contributed by atoms with Gasteiger partial charge in [0.25, 0.3) is 0 Å². The molecule has 0 bridgehead atoms. The minimum Gasteiger partial charge on any atom is -0.492 e. The second-order valence-electron chi connectivity index (χ2n) is 4.47. The summed E-state index contributed by atoms with van der Waals surface area (Å²) in [5.74, 6) is -2.19. The molecule has 0 aromatic rings. The van der Waals surface area contributed by atoms with Gasteiger partial charge >= 0.3 is 5.92 Å². The highest BCUT2D eigenvalue weighted by Gasteiger charge is 2.45. The van der Waals surface area contributed by atoms with Crippen LogP contribution in [0.15, 0.2) is 11.3 Å². The Bertz CT molecular complexity index is 264. The van der Waals surface area contributed by atoms with Crippen molar-refractivity contribution in [3.8, 4) is 0 Å². The van der Waals surface area contributed by atoms with Gasteiger partial charge in [0, 0.05) is 6.42 Å². The third-order valence-corrected chi connectivity index (χ3v) is 3.34. The minimum atomic E-state index is -2.71. The molecule has 0 fully saturated rings. The van der Waals surface area contributed by atoms with Crippen molar-refractivity contribution in [3.63, 3.8) is 0 Å². The van der Waals surface area contributed by atoms with Crippen molar-refractivity contribution in [2.24, 2.45) is 11.8 Å². The van der Waals surface area contributed by atoms with Crippen LogP contribution in [0, 0.1) is 11.8 Å². The molecular formula is C11H16F2O. The Morgan fingerprint density at radius 1 is 1.21 bits per heavy atom. The molecule has 2 rings (SSSR count). The topological polar surface area (TPSA) is 9.23 Å². The molecule has 0 amide bonds. The molecular weight excluding hydrogens is 186 g/mol. The molecule has 0 aromatic heterocycles. The number of ether oxygens (including phenoxy) is 1. The second-order valence-corrected chi connectivity index (χ2v) is 4.47. The Morgan fingerprint density at radius 3 is 2.50 bits per heavy atom. The highest BCUT2D eigenvalue weighted by atomic mass is 19.3. The summed E-state index contributed by atoms with van der Waals surface area (Å²) in [7, 11) is 0. The van der Waals surface area contributed by atoms with E-state index >= 15 is 0 Å². The van der Waals surface area contributed by atoms with Gasteiger partial charge in [-0.3, -0.25) is 0 Å². The fraction of sp³-hybridized carbons (Fsp3) is 0.818. The standard InChI is InChI=1S/C11H16F2O/c1-7-3-5-11(12,13)10-9(7)8(2)4-6-14-10/h7-8H,3-6H2,1-2H3/t7?,8-/m0/s1. The maximum Gasteiger partial charge on any atom is 0.304 e. The van der Waals surface area contributed by atoms with Gasteiger partial charge in [0.2, 0.25) is 0 Å². The third kappa shape index (κ3) is 1.43. The van der Waals surface area contributed by atoms with Crippen molar-refractivity contribution in [1.29, 1.82) is 0 Å². The SMILES string of the molecule is CC1CCC(F)(F)C2=C1[C@@H](C)CCO2. The van der Waals surface area contributed by atoms with Gasteiger partial charge in [0.05, 0.1) is 6.61 Å². The normalized spacial score (nSPS) is 36.3. The smallest absolute Gasteiger partial charge is 0.304 e. The van der Waals surface area contributed by atoms with E-state index in [0.717, 1.165) is 12.0 Å². The summed E-state index contributed by atoms with van der Waals surface area (Å²) in [5, 5.41) is 0. The van der Waals surface area contributed by atoms with Gasteiger partial charge in [-0.15, -0.1) is 0 Å². The Kier molecular flexibility index (Phi) is 2.28. The quantitative estimate of drug-likeness (QED) is 0.585. The van der Waals surface area contributed by atoms with Crippen LogP contribution in [0.4, 0.5) is 8.78 Å². The van der Waals surface area contributed by atoms with E-state index in [1.807, 2.05) is 13.8 Å². The van der Waals surface area contributed by atoms with E-state index in [1.165, 1.54) is 0 Å². The summed E-state index contributed by atoms with van der Waals surface area (Å²) in [6.07, 6.45) is 1.40. The lowest BCUT2D eigenvalue weighted by Crippen LogP contribution is -2.35. The van der Waals surface area contributed by atoms with Crippen molar-refractivity contribution in [1.82, 2.24) is 0 Å². The summed E-state index contributed by atoms with van der Waals surface area (Å²) in [6, 6.07) is 0. The van der Waals surface area contributed by atoms with Crippen molar-refractivity contribution in [2.75, 3.05) is 6.61 Å². The lowest BCUT2D eigenvalue weighted by molar-refractivity contribution is -0.0547. The van der Waals surface area contributed by atoms with Crippen molar-refractivity contribution in [3.05, 3.63) is 11.3 Å². The molecule has 0 N–H and O–H groups in total. The zero-order valence-electron chi connectivity index (χ0n) is 8.65. The van der Waals surface area contributed by atoms with Gasteiger partial charge < -0.3 is 4.74 Å². The van der Waals surface area contributed by atoms with Gasteiger partial charge in [-0.05, 0) is 30.3 Å². The second kappa shape index (κ2) is 3.21. The van der Waals surface area contributed by atoms with Crippen LogP contribution < -0.4 is 0 Å². The highest BCUT2D eigenvalue weighted by Crippen LogP contribution is 2.46. The fourth-order valence-electron chi connectivity index (χ4n) is 2.49. The molecule has 2 aliphatic rings. The first-order chi connectivity index (χ1) is 6.52. The van der Waals surface area contributed by atoms with E-state index < -0.39 is 5.92 Å². The van der Waals surface area contributed by atoms with E-state index in [4.69, 9.17) is 4.74 Å². The zero-order chi connectivity index (χ0) is 10.3. The molecule has 1 heterocycles. The Hall–Kier alpha value is -0.600. The fourth-order valence-corrected chi connectivity index (χ4v) is 2.49. The predicted molar refractivity (Wildman–Crippen MR) is 50.1 cm³/mol. The largest absolute Gasteiger partial charge is 0.492 e. The van der Waals surface area contributed by atoms with Gasteiger partial charge in [0.15, 0.2) is 5.76 Å². The van der Waals surface area contributed by atoms with Crippen LogP contribution in [0.3, 0.4) is 0 Å². The van der Waals surface area contributed by atoms with Crippen molar-refractivity contribution < 1.29 is 13.5 Å². The number of hydrogen-bond acceptors (Lipinski definition) is 1. The molecule has 0 aromatic carbocycles. The van der Waals surface area contributed by atoms with Crippen LogP contribution in [0.1, 0.15) is 33.1 Å². The van der Waals surface area contributed by atoms with Crippen LogP contribution in [0.5, 0.6) is 0 Å². The molecule has 80 valence electrons. The molecule has 1 nitrogen and oxygen atoms in total. The molecule has 2 atom stereocenters. The first kappa shape index (κ1) is 9.94. The first-order valence-corrected chi connectivity index (χ1v) is 5.27. The molecule has 1 aliphatic carbocycles. The molecule has 0 radical (unpaired) electrons. The van der Waals surface area contributed by atoms with E-state index in [0.29, 0.717) is 13.0 Å². The van der Waals surface area contributed by atoms with Crippen LogP contribution in [0.2, 0.25) is 0 Å². The van der Waals surface area contributed by atoms with Gasteiger partial charge in [0.1, 0.15) is 0 Å². The lowest BCUT2D eigenvalue weighted by Gasteiger charge is -2.37. The van der Waals surface area contributed by atoms with Crippen LogP contribution >= 0.6 is 0 Å². The molecule has 0 saturated heterocycles. The summed E-state index contributed by atoms with van der Waals surface area (Å²) in [6.45, 7) is 4.49. The number of hydrogen-bond donors (Lipinski definition) is 0. The summed E-state index contributed by atoms with van der Waals surface area (Å²) in [5.41, 5.74) is 0.868. The Labute approximate surface area is 83.1 Å². The Morgan fingerprint density at radius 2 is 1.86 bits per heavy atom. The van der Waals surface area contributed by atoms with Crippen molar-refractivity contribution >= 4 is 0 Å². The number of alkyl halides is 2. The lowest BCUT2D eigenvalue weighted by atomic mass is 9.77. The molecule has 1 aliphatic heterocycles. The van der Waals surface area contributed by atoms with Crippen molar-refractivity contribution in [2.45, 2.75) is 39.0 Å². The minimum absolute atomic E-state index is 0.00463. The number of halogens is 2. The van der Waals surface area contributed by atoms with Crippen LogP contribution in [0.25, 0.3) is 0 Å². The average molecular weight is 202 g/mol. The summed E-state index contributed by atoms with van der Waals surface area (Å²) < 4.78 is 32.2. The molecule has 0 spiro atoms. The molecule has 3 heteroatoms. The molecule has 1 unspecified atom stereocenters. The summed E-state index contributed by atoms with van der Waals surface area (Å²) in [4.78, 5) is 0. The monoisotopic (exact) mass is 202 g/mol. The Balaban J connectivity index is 2.42. The molecule has 0 saturated carbocycles. The predicted octanol–water partition coefficient (Wildman–Crippen LogP) is 3.36. The molecule has 14 heavy (non-hydrogen) atoms. The zero-order valence-corrected chi connectivity index (χ0v) is 8.65. The van der Waals surface area contributed by atoms with Gasteiger partial charge in [-0.25, -0.2) is 0 Å².